The molecule has 2 heterocycles. The molecule has 0 saturated carbocycles. The molecule has 2 aliphatic heterocycles. The Balaban J connectivity index is 1.89. The number of guanidine groups is 1. The lowest BCUT2D eigenvalue weighted by Gasteiger charge is -2.19. The third kappa shape index (κ3) is 3.56. The summed E-state index contributed by atoms with van der Waals surface area (Å²) in [6.45, 7) is 3.19. The Labute approximate surface area is 131 Å². The lowest BCUT2D eigenvalue weighted by Crippen LogP contribution is -2.29. The summed E-state index contributed by atoms with van der Waals surface area (Å²) in [7, 11) is 2.11. The van der Waals surface area contributed by atoms with Gasteiger partial charge in [-0.1, -0.05) is 11.6 Å². The van der Waals surface area contributed by atoms with Gasteiger partial charge in [-0.25, -0.2) is 4.99 Å². The van der Waals surface area contributed by atoms with Crippen LogP contribution in [-0.2, 0) is 0 Å². The summed E-state index contributed by atoms with van der Waals surface area (Å²) in [5.74, 6) is 1.99. The molecule has 0 aromatic heterocycles. The first-order valence-corrected chi connectivity index (χ1v) is 7.98. The number of benzene rings is 1. The van der Waals surface area contributed by atoms with Gasteiger partial charge in [-0.2, -0.15) is 4.99 Å². The first-order chi connectivity index (χ1) is 10.2. The van der Waals surface area contributed by atoms with Crippen molar-refractivity contribution in [3.8, 4) is 0 Å². The third-order valence-corrected chi connectivity index (χ3v) is 4.26. The van der Waals surface area contributed by atoms with E-state index in [9.17, 15) is 0 Å². The van der Waals surface area contributed by atoms with Gasteiger partial charge in [0.15, 0.2) is 0 Å². The maximum absolute atomic E-state index is 5.94. The minimum Gasteiger partial charge on any atom is -0.363 e. The third-order valence-electron chi connectivity index (χ3n) is 4.01. The first-order valence-electron chi connectivity index (χ1n) is 7.60. The fraction of sp³-hybridized carbons (Fsp3) is 0.500. The highest BCUT2D eigenvalue weighted by Crippen LogP contribution is 2.20. The van der Waals surface area contributed by atoms with Crippen molar-refractivity contribution in [2.45, 2.75) is 25.7 Å². The summed E-state index contributed by atoms with van der Waals surface area (Å²) in [5, 5.41) is 0.735. The molecule has 2 saturated heterocycles. The van der Waals surface area contributed by atoms with Crippen molar-refractivity contribution < 1.29 is 0 Å². The zero-order chi connectivity index (χ0) is 14.7. The van der Waals surface area contributed by atoms with E-state index >= 15 is 0 Å². The van der Waals surface area contributed by atoms with Gasteiger partial charge < -0.3 is 9.80 Å². The second-order valence-electron chi connectivity index (χ2n) is 5.64. The molecule has 1 aromatic carbocycles. The Bertz CT molecular complexity index is 544. The van der Waals surface area contributed by atoms with Crippen LogP contribution in [0.2, 0.25) is 5.02 Å². The lowest BCUT2D eigenvalue weighted by molar-refractivity contribution is 0.510. The van der Waals surface area contributed by atoms with Gasteiger partial charge in [0.1, 0.15) is 5.84 Å². The number of likely N-dealkylation sites (tertiary alicyclic amines) is 2. The summed E-state index contributed by atoms with van der Waals surface area (Å²) < 4.78 is 0. The summed E-state index contributed by atoms with van der Waals surface area (Å²) >= 11 is 5.94. The van der Waals surface area contributed by atoms with Crippen LogP contribution in [0.25, 0.3) is 0 Å². The van der Waals surface area contributed by atoms with E-state index in [0.29, 0.717) is 0 Å². The number of halogens is 1. The van der Waals surface area contributed by atoms with E-state index < -0.39 is 0 Å². The van der Waals surface area contributed by atoms with Crippen molar-refractivity contribution in [2.24, 2.45) is 9.98 Å². The summed E-state index contributed by atoms with van der Waals surface area (Å²) in [5.41, 5.74) is 0.909. The van der Waals surface area contributed by atoms with Crippen LogP contribution in [0.4, 0.5) is 5.69 Å². The van der Waals surface area contributed by atoms with Crippen LogP contribution in [0.3, 0.4) is 0 Å². The van der Waals surface area contributed by atoms with Crippen LogP contribution >= 0.6 is 11.6 Å². The normalized spacial score (nSPS) is 21.6. The average Bonchev–Trinajstić information content (AvgIpc) is 3.13. The van der Waals surface area contributed by atoms with E-state index in [1.165, 1.54) is 19.3 Å². The second-order valence-corrected chi connectivity index (χ2v) is 6.07. The number of aliphatic imine (C=N–C) groups is 2. The highest BCUT2D eigenvalue weighted by Gasteiger charge is 2.20. The highest BCUT2D eigenvalue weighted by atomic mass is 35.5. The van der Waals surface area contributed by atoms with Gasteiger partial charge in [0.2, 0.25) is 5.96 Å². The molecule has 0 amide bonds. The molecule has 1 aromatic rings. The van der Waals surface area contributed by atoms with Gasteiger partial charge in [-0.05, 0) is 43.5 Å². The van der Waals surface area contributed by atoms with Crippen molar-refractivity contribution in [3.05, 3.63) is 29.3 Å². The molecule has 0 N–H and O–H groups in total. The van der Waals surface area contributed by atoms with Crippen LogP contribution in [0.5, 0.6) is 0 Å². The summed E-state index contributed by atoms with van der Waals surface area (Å²) in [4.78, 5) is 14.1. The fourth-order valence-electron chi connectivity index (χ4n) is 2.77. The molecular formula is C16H21ClN4. The Kier molecular flexibility index (Phi) is 4.44. The maximum Gasteiger partial charge on any atom is 0.227 e. The van der Waals surface area contributed by atoms with Crippen molar-refractivity contribution in [3.63, 3.8) is 0 Å². The summed E-state index contributed by atoms with van der Waals surface area (Å²) in [6.07, 6.45) is 4.67. The lowest BCUT2D eigenvalue weighted by atomic mass is 10.3. The summed E-state index contributed by atoms with van der Waals surface area (Å²) in [6, 6.07) is 7.63. The van der Waals surface area contributed by atoms with E-state index in [0.717, 1.165) is 48.6 Å². The molecule has 2 fully saturated rings. The largest absolute Gasteiger partial charge is 0.363 e. The molecule has 5 heteroatoms. The quantitative estimate of drug-likeness (QED) is 0.587. The van der Waals surface area contributed by atoms with Crippen molar-refractivity contribution in [2.75, 3.05) is 26.7 Å². The van der Waals surface area contributed by atoms with Crippen molar-refractivity contribution in [1.29, 1.82) is 0 Å². The van der Waals surface area contributed by atoms with Crippen molar-refractivity contribution in [1.82, 2.24) is 9.80 Å². The molecule has 0 atom stereocenters. The Hall–Kier alpha value is -1.55. The predicted molar refractivity (Wildman–Crippen MR) is 88.7 cm³/mol. The van der Waals surface area contributed by atoms with E-state index in [1.54, 1.807) is 0 Å². The van der Waals surface area contributed by atoms with E-state index in [-0.39, 0.29) is 0 Å². The topological polar surface area (TPSA) is 31.2 Å². The molecule has 4 nitrogen and oxygen atoms in total. The monoisotopic (exact) mass is 304 g/mol. The van der Waals surface area contributed by atoms with Crippen LogP contribution in [0, 0.1) is 0 Å². The fourth-order valence-corrected chi connectivity index (χ4v) is 2.89. The van der Waals surface area contributed by atoms with Gasteiger partial charge in [-0.15, -0.1) is 0 Å². The molecule has 112 valence electrons. The number of amidine groups is 1. The second kappa shape index (κ2) is 6.48. The smallest absolute Gasteiger partial charge is 0.227 e. The van der Waals surface area contributed by atoms with E-state index in [2.05, 4.69) is 16.8 Å². The van der Waals surface area contributed by atoms with Gasteiger partial charge in [0, 0.05) is 38.1 Å². The first kappa shape index (κ1) is 14.4. The van der Waals surface area contributed by atoms with Crippen molar-refractivity contribution >= 4 is 29.1 Å². The molecule has 0 bridgehead atoms. The molecule has 2 aliphatic rings. The molecule has 3 rings (SSSR count). The highest BCUT2D eigenvalue weighted by molar-refractivity contribution is 6.30. The van der Waals surface area contributed by atoms with Crippen LogP contribution in [-0.4, -0.2) is 48.3 Å². The predicted octanol–water partition coefficient (Wildman–Crippen LogP) is 3.55. The Morgan fingerprint density at radius 2 is 1.76 bits per heavy atom. The Morgan fingerprint density at radius 1 is 1.05 bits per heavy atom. The molecule has 0 radical (unpaired) electrons. The zero-order valence-corrected chi connectivity index (χ0v) is 13.2. The molecule has 0 aliphatic carbocycles. The molecule has 0 unspecified atom stereocenters. The molecular weight excluding hydrogens is 284 g/mol. The van der Waals surface area contributed by atoms with E-state index in [1.807, 2.05) is 24.3 Å². The number of rotatable bonds is 1. The number of nitrogens with zero attached hydrogens (tertiary/aromatic N) is 4. The van der Waals surface area contributed by atoms with Crippen LogP contribution in [0.1, 0.15) is 25.7 Å². The molecule has 21 heavy (non-hydrogen) atoms. The van der Waals surface area contributed by atoms with E-state index in [4.69, 9.17) is 21.6 Å². The average molecular weight is 305 g/mol. The van der Waals surface area contributed by atoms with Gasteiger partial charge in [0.25, 0.3) is 0 Å². The maximum atomic E-state index is 5.94. The minimum atomic E-state index is 0.735. The van der Waals surface area contributed by atoms with Crippen LogP contribution < -0.4 is 0 Å². The Morgan fingerprint density at radius 3 is 2.38 bits per heavy atom. The zero-order valence-electron chi connectivity index (χ0n) is 12.4. The SMILES string of the molecule is CN1CCCC1=NC(=Nc1ccc(Cl)cc1)N1CCCC1. The number of hydrogen-bond acceptors (Lipinski definition) is 1. The van der Waals surface area contributed by atoms with Gasteiger partial charge in [-0.3, -0.25) is 0 Å². The van der Waals surface area contributed by atoms with Gasteiger partial charge >= 0.3 is 0 Å². The molecule has 0 spiro atoms. The van der Waals surface area contributed by atoms with Gasteiger partial charge in [0.05, 0.1) is 5.69 Å². The number of hydrogen-bond donors (Lipinski definition) is 0. The standard InChI is InChI=1S/C16H21ClN4/c1-20-10-4-5-15(20)19-16(21-11-2-3-12-21)18-14-8-6-13(17)7-9-14/h6-9H,2-5,10-12H2,1H3. The minimum absolute atomic E-state index is 0.735. The van der Waals surface area contributed by atoms with Crippen LogP contribution in [0.15, 0.2) is 34.3 Å².